The van der Waals surface area contributed by atoms with Crippen molar-refractivity contribution >= 4 is 40.6 Å². The number of carbonyl (C=O) groups excluding carboxylic acids is 2. The summed E-state index contributed by atoms with van der Waals surface area (Å²) in [5.74, 6) is -0.0416. The number of nitrogens with two attached hydrogens (primary N) is 1. The van der Waals surface area contributed by atoms with Gasteiger partial charge in [-0.3, -0.25) is 9.59 Å². The second kappa shape index (κ2) is 9.42. The highest BCUT2D eigenvalue weighted by molar-refractivity contribution is 7.14. The molecule has 0 aliphatic rings. The lowest BCUT2D eigenvalue weighted by Gasteiger charge is -2.09. The van der Waals surface area contributed by atoms with Crippen molar-refractivity contribution in [2.24, 2.45) is 5.73 Å². The third-order valence-electron chi connectivity index (χ3n) is 3.41. The Morgan fingerprint density at radius 3 is 2.38 bits per heavy atom. The van der Waals surface area contributed by atoms with Crippen LogP contribution in [0.3, 0.4) is 0 Å². The molecule has 0 atom stereocenters. The van der Waals surface area contributed by atoms with Crippen LogP contribution >= 0.6 is 23.7 Å². The number of benzene rings is 1. The second-order valence-electron chi connectivity index (χ2n) is 5.44. The minimum atomic E-state index is -0.234. The number of halogens is 1. The number of thiophene rings is 1. The van der Waals surface area contributed by atoms with Gasteiger partial charge in [-0.25, -0.2) is 0 Å². The highest BCUT2D eigenvalue weighted by atomic mass is 35.5. The monoisotopic (exact) mass is 367 g/mol. The molecule has 1 heterocycles. The maximum absolute atomic E-state index is 12.3. The van der Waals surface area contributed by atoms with Crippen molar-refractivity contribution in [2.45, 2.75) is 19.8 Å². The van der Waals surface area contributed by atoms with Crippen molar-refractivity contribution in [1.82, 2.24) is 5.32 Å². The topological polar surface area (TPSA) is 84.2 Å². The molecule has 1 aromatic heterocycles. The Hall–Kier alpha value is -1.89. The fourth-order valence-electron chi connectivity index (χ4n) is 2.06. The summed E-state index contributed by atoms with van der Waals surface area (Å²) in [5, 5.41) is 7.81. The first-order valence-corrected chi connectivity index (χ1v) is 8.38. The Labute approximate surface area is 152 Å². The van der Waals surface area contributed by atoms with E-state index in [4.69, 9.17) is 5.73 Å². The Morgan fingerprint density at radius 1 is 1.12 bits per heavy atom. The van der Waals surface area contributed by atoms with Gasteiger partial charge in [0, 0.05) is 18.7 Å². The van der Waals surface area contributed by atoms with E-state index in [1.54, 1.807) is 23.6 Å². The molecule has 2 aromatic rings. The van der Waals surface area contributed by atoms with Gasteiger partial charge in [0.05, 0.1) is 5.56 Å². The maximum atomic E-state index is 12.3. The number of rotatable bonds is 6. The van der Waals surface area contributed by atoms with Crippen molar-refractivity contribution in [2.75, 3.05) is 18.4 Å². The van der Waals surface area contributed by atoms with E-state index in [0.717, 1.165) is 0 Å². The van der Waals surface area contributed by atoms with Crippen LogP contribution in [0, 0.1) is 0 Å². The van der Waals surface area contributed by atoms with Gasteiger partial charge >= 0.3 is 0 Å². The summed E-state index contributed by atoms with van der Waals surface area (Å²) in [5.41, 5.74) is 7.58. The smallest absolute Gasteiger partial charge is 0.256 e. The van der Waals surface area contributed by atoms with Crippen LogP contribution in [0.4, 0.5) is 5.00 Å². The number of hydrogen-bond donors (Lipinski definition) is 3. The van der Waals surface area contributed by atoms with Crippen molar-refractivity contribution in [3.8, 4) is 0 Å². The lowest BCUT2D eigenvalue weighted by atomic mass is 10.0. The molecular weight excluding hydrogens is 346 g/mol. The molecule has 0 aliphatic heterocycles. The number of amides is 2. The van der Waals surface area contributed by atoms with Gasteiger partial charge in [0.25, 0.3) is 11.8 Å². The Kier molecular flexibility index (Phi) is 7.91. The minimum Gasteiger partial charge on any atom is -0.351 e. The zero-order valence-corrected chi connectivity index (χ0v) is 15.3. The Balaban J connectivity index is 0.00000288. The SMILES string of the molecule is CC(C)c1ccc(C(=O)Nc2sccc2C(=O)NCCN)cc1.Cl. The molecule has 0 unspecified atom stereocenters. The molecule has 0 saturated carbocycles. The molecule has 0 spiro atoms. The normalized spacial score (nSPS) is 10.2. The van der Waals surface area contributed by atoms with E-state index in [2.05, 4.69) is 24.5 Å². The number of carbonyl (C=O) groups is 2. The first kappa shape index (κ1) is 20.2. The highest BCUT2D eigenvalue weighted by Crippen LogP contribution is 2.24. The second-order valence-corrected chi connectivity index (χ2v) is 6.35. The summed E-state index contributed by atoms with van der Waals surface area (Å²) in [6.07, 6.45) is 0. The summed E-state index contributed by atoms with van der Waals surface area (Å²) < 4.78 is 0. The molecule has 2 rings (SSSR count). The number of anilines is 1. The minimum absolute atomic E-state index is 0. The van der Waals surface area contributed by atoms with E-state index in [9.17, 15) is 9.59 Å². The fraction of sp³-hybridized carbons (Fsp3) is 0.294. The van der Waals surface area contributed by atoms with Crippen LogP contribution in [0.1, 0.15) is 46.0 Å². The van der Waals surface area contributed by atoms with Gasteiger partial charge in [0.1, 0.15) is 5.00 Å². The van der Waals surface area contributed by atoms with E-state index >= 15 is 0 Å². The fourth-order valence-corrected chi connectivity index (χ4v) is 2.84. The van der Waals surface area contributed by atoms with E-state index in [1.165, 1.54) is 16.9 Å². The van der Waals surface area contributed by atoms with Crippen molar-refractivity contribution in [3.63, 3.8) is 0 Å². The van der Waals surface area contributed by atoms with Crippen LogP contribution in [0.15, 0.2) is 35.7 Å². The highest BCUT2D eigenvalue weighted by Gasteiger charge is 2.15. The molecule has 1 aromatic carbocycles. The Bertz CT molecular complexity index is 683. The molecule has 4 N–H and O–H groups in total. The van der Waals surface area contributed by atoms with Crippen LogP contribution in [0.5, 0.6) is 0 Å². The molecular formula is C17H22ClN3O2S. The van der Waals surface area contributed by atoms with Crippen LogP contribution in [0.2, 0.25) is 0 Å². The molecule has 0 saturated heterocycles. The standard InChI is InChI=1S/C17H21N3O2S.ClH/c1-11(2)12-3-5-13(6-4-12)15(21)20-17-14(7-10-23-17)16(22)19-9-8-18;/h3-7,10-11H,8-9,18H2,1-2H3,(H,19,22)(H,20,21);1H. The summed E-state index contributed by atoms with van der Waals surface area (Å²) in [6, 6.07) is 9.18. The molecule has 130 valence electrons. The zero-order valence-electron chi connectivity index (χ0n) is 13.7. The summed E-state index contributed by atoms with van der Waals surface area (Å²) in [4.78, 5) is 24.3. The predicted molar refractivity (Wildman–Crippen MR) is 101 cm³/mol. The zero-order chi connectivity index (χ0) is 16.8. The van der Waals surface area contributed by atoms with Crippen molar-refractivity contribution < 1.29 is 9.59 Å². The third kappa shape index (κ3) is 5.06. The molecule has 2 amide bonds. The van der Waals surface area contributed by atoms with Gasteiger partial charge in [0.15, 0.2) is 0 Å². The molecule has 0 bridgehead atoms. The molecule has 0 aliphatic carbocycles. The molecule has 24 heavy (non-hydrogen) atoms. The average Bonchev–Trinajstić information content (AvgIpc) is 3.00. The number of hydrogen-bond acceptors (Lipinski definition) is 4. The van der Waals surface area contributed by atoms with E-state index in [1.807, 2.05) is 12.1 Å². The van der Waals surface area contributed by atoms with Crippen molar-refractivity contribution in [3.05, 3.63) is 52.4 Å². The molecule has 7 heteroatoms. The van der Waals surface area contributed by atoms with E-state index in [0.29, 0.717) is 35.1 Å². The van der Waals surface area contributed by atoms with Crippen LogP contribution in [-0.2, 0) is 0 Å². The van der Waals surface area contributed by atoms with Crippen LogP contribution in [0.25, 0.3) is 0 Å². The maximum Gasteiger partial charge on any atom is 0.256 e. The largest absolute Gasteiger partial charge is 0.351 e. The predicted octanol–water partition coefficient (Wildman–Crippen LogP) is 3.23. The first-order chi connectivity index (χ1) is 11.0. The van der Waals surface area contributed by atoms with Gasteiger partial charge in [0.2, 0.25) is 0 Å². The van der Waals surface area contributed by atoms with Gasteiger partial charge in [-0.2, -0.15) is 0 Å². The first-order valence-electron chi connectivity index (χ1n) is 7.50. The van der Waals surface area contributed by atoms with Crippen LogP contribution in [-0.4, -0.2) is 24.9 Å². The van der Waals surface area contributed by atoms with E-state index < -0.39 is 0 Å². The lowest BCUT2D eigenvalue weighted by Crippen LogP contribution is -2.29. The van der Waals surface area contributed by atoms with Crippen LogP contribution < -0.4 is 16.4 Å². The van der Waals surface area contributed by atoms with Gasteiger partial charge in [-0.05, 0) is 35.1 Å². The lowest BCUT2D eigenvalue weighted by molar-refractivity contribution is 0.0956. The Morgan fingerprint density at radius 2 is 1.79 bits per heavy atom. The van der Waals surface area contributed by atoms with E-state index in [-0.39, 0.29) is 24.2 Å². The van der Waals surface area contributed by atoms with Gasteiger partial charge in [-0.1, -0.05) is 26.0 Å². The third-order valence-corrected chi connectivity index (χ3v) is 4.24. The summed E-state index contributed by atoms with van der Waals surface area (Å²) >= 11 is 1.32. The molecule has 0 radical (unpaired) electrons. The van der Waals surface area contributed by atoms with Gasteiger partial charge in [-0.15, -0.1) is 23.7 Å². The molecule has 0 fully saturated rings. The van der Waals surface area contributed by atoms with Gasteiger partial charge < -0.3 is 16.4 Å². The quantitative estimate of drug-likeness (QED) is 0.732. The average molecular weight is 368 g/mol. The summed E-state index contributed by atoms with van der Waals surface area (Å²) in [7, 11) is 0. The molecule has 5 nitrogen and oxygen atoms in total. The number of nitrogens with one attached hydrogen (secondary N) is 2. The summed E-state index contributed by atoms with van der Waals surface area (Å²) in [6.45, 7) is 4.98. The van der Waals surface area contributed by atoms with Crippen molar-refractivity contribution in [1.29, 1.82) is 0 Å².